The first kappa shape index (κ1) is 33.3. The van der Waals surface area contributed by atoms with Crippen LogP contribution in [-0.4, -0.2) is 29.5 Å². The van der Waals surface area contributed by atoms with Gasteiger partial charge in [-0.25, -0.2) is 4.79 Å². The zero-order valence-electron chi connectivity index (χ0n) is 26.5. The molecule has 0 saturated carbocycles. The fourth-order valence-corrected chi connectivity index (χ4v) is 4.67. The number of hydrogen-bond acceptors (Lipinski definition) is 5. The van der Waals surface area contributed by atoms with Gasteiger partial charge >= 0.3 is 11.9 Å². The van der Waals surface area contributed by atoms with Gasteiger partial charge in [0.25, 0.3) is 0 Å². The number of ether oxygens (including phenoxy) is 2. The Morgan fingerprint density at radius 1 is 0.860 bits per heavy atom. The monoisotopic (exact) mass is 583 g/mol. The molecule has 3 aromatic rings. The van der Waals surface area contributed by atoms with Crippen molar-refractivity contribution in [1.29, 1.82) is 0 Å². The largest absolute Gasteiger partial charge is 0.460 e. The molecule has 0 spiro atoms. The smallest absolute Gasteiger partial charge is 0.329 e. The molecule has 0 unspecified atom stereocenters. The van der Waals surface area contributed by atoms with E-state index in [9.17, 15) is 14.4 Å². The average molecular weight is 584 g/mol. The first-order valence-corrected chi connectivity index (χ1v) is 14.8. The molecular formula is C37H45NO5. The van der Waals surface area contributed by atoms with E-state index in [-0.39, 0.29) is 13.0 Å². The highest BCUT2D eigenvalue weighted by atomic mass is 16.6. The quantitative estimate of drug-likeness (QED) is 0.234. The molecule has 3 aromatic carbocycles. The first-order chi connectivity index (χ1) is 20.2. The molecule has 43 heavy (non-hydrogen) atoms. The molecule has 1 N–H and O–H groups in total. The standard InChI is InChI=1S/C37H45NO5/c1-26-23-27(21-22-31(26)29-18-12-9-13-19-29)17-14-20-30(24-32(39)43-37(5,6)7)34(40)38-33(36(2,3)4)35(41)42-25-28-15-10-8-11-16-28/h8-19,21-23,30,33H,20,24-25H2,1-7H3,(H,38,40)/b17-14+/t30-,33-/m1/s1. The minimum atomic E-state index is -0.901. The van der Waals surface area contributed by atoms with Crippen molar-refractivity contribution in [1.82, 2.24) is 5.32 Å². The SMILES string of the molecule is Cc1cc(/C=C/C[C@H](CC(=O)OC(C)(C)C)C(=O)N[C@H](C(=O)OCc2ccccc2)C(C)(C)C)ccc1-c1ccccc1. The third-order valence-electron chi connectivity index (χ3n) is 6.88. The van der Waals surface area contributed by atoms with Crippen molar-refractivity contribution >= 4 is 23.9 Å². The predicted octanol–water partition coefficient (Wildman–Crippen LogP) is 7.69. The first-order valence-electron chi connectivity index (χ1n) is 14.8. The van der Waals surface area contributed by atoms with Gasteiger partial charge in [0.1, 0.15) is 18.2 Å². The molecule has 2 atom stereocenters. The van der Waals surface area contributed by atoms with Crippen LogP contribution in [0.1, 0.15) is 71.1 Å². The number of carbonyl (C=O) groups is 3. The van der Waals surface area contributed by atoms with Crippen molar-refractivity contribution in [2.45, 2.75) is 79.6 Å². The van der Waals surface area contributed by atoms with E-state index < -0.39 is 40.8 Å². The number of hydrogen-bond donors (Lipinski definition) is 1. The number of allylic oxidation sites excluding steroid dienone is 1. The van der Waals surface area contributed by atoms with Gasteiger partial charge in [-0.15, -0.1) is 0 Å². The number of rotatable bonds is 11. The van der Waals surface area contributed by atoms with E-state index in [0.29, 0.717) is 6.42 Å². The van der Waals surface area contributed by atoms with Crippen LogP contribution < -0.4 is 5.32 Å². The highest BCUT2D eigenvalue weighted by molar-refractivity contribution is 5.88. The summed E-state index contributed by atoms with van der Waals surface area (Å²) in [6, 6.07) is 24.9. The maximum atomic E-state index is 13.6. The van der Waals surface area contributed by atoms with Gasteiger partial charge in [-0.2, -0.15) is 0 Å². The van der Waals surface area contributed by atoms with E-state index in [2.05, 4.69) is 36.5 Å². The van der Waals surface area contributed by atoms with Gasteiger partial charge in [0.15, 0.2) is 0 Å². The lowest BCUT2D eigenvalue weighted by molar-refractivity contribution is -0.157. The van der Waals surface area contributed by atoms with Crippen molar-refractivity contribution in [3.05, 3.63) is 102 Å². The van der Waals surface area contributed by atoms with E-state index >= 15 is 0 Å². The van der Waals surface area contributed by atoms with Crippen LogP contribution in [0, 0.1) is 18.3 Å². The van der Waals surface area contributed by atoms with Gasteiger partial charge in [-0.1, -0.05) is 112 Å². The number of amides is 1. The van der Waals surface area contributed by atoms with Gasteiger partial charge in [0.05, 0.1) is 12.3 Å². The van der Waals surface area contributed by atoms with Crippen LogP contribution in [0.4, 0.5) is 0 Å². The molecule has 6 nitrogen and oxygen atoms in total. The summed E-state index contributed by atoms with van der Waals surface area (Å²) in [7, 11) is 0. The summed E-state index contributed by atoms with van der Waals surface area (Å²) in [5.41, 5.74) is 4.00. The Kier molecular flexibility index (Phi) is 11.5. The lowest BCUT2D eigenvalue weighted by Gasteiger charge is -2.31. The molecule has 3 rings (SSSR count). The molecule has 0 heterocycles. The Hall–Kier alpha value is -4.19. The second-order valence-corrected chi connectivity index (χ2v) is 13.0. The van der Waals surface area contributed by atoms with Crippen LogP contribution in [0.25, 0.3) is 17.2 Å². The zero-order valence-corrected chi connectivity index (χ0v) is 26.5. The normalized spacial score (nSPS) is 13.3. The fourth-order valence-electron chi connectivity index (χ4n) is 4.67. The third-order valence-corrected chi connectivity index (χ3v) is 6.88. The van der Waals surface area contributed by atoms with Gasteiger partial charge in [-0.3, -0.25) is 9.59 Å². The Labute approximate surface area is 256 Å². The van der Waals surface area contributed by atoms with Crippen molar-refractivity contribution < 1.29 is 23.9 Å². The Balaban J connectivity index is 1.76. The van der Waals surface area contributed by atoms with E-state index in [1.165, 1.54) is 0 Å². The van der Waals surface area contributed by atoms with Crippen LogP contribution in [0.3, 0.4) is 0 Å². The van der Waals surface area contributed by atoms with Gasteiger partial charge < -0.3 is 14.8 Å². The number of benzene rings is 3. The van der Waals surface area contributed by atoms with Gasteiger partial charge in [0, 0.05) is 0 Å². The maximum Gasteiger partial charge on any atom is 0.329 e. The van der Waals surface area contributed by atoms with Crippen LogP contribution >= 0.6 is 0 Å². The lowest BCUT2D eigenvalue weighted by atomic mass is 9.86. The lowest BCUT2D eigenvalue weighted by Crippen LogP contribution is -2.51. The minimum Gasteiger partial charge on any atom is -0.460 e. The summed E-state index contributed by atoms with van der Waals surface area (Å²) in [4.78, 5) is 39.5. The molecule has 0 saturated heterocycles. The Morgan fingerprint density at radius 2 is 1.49 bits per heavy atom. The number of esters is 2. The molecule has 0 fully saturated rings. The van der Waals surface area contributed by atoms with E-state index in [1.807, 2.05) is 87.5 Å². The molecular weight excluding hydrogens is 538 g/mol. The predicted molar refractivity (Wildman–Crippen MR) is 172 cm³/mol. The van der Waals surface area contributed by atoms with Crippen molar-refractivity contribution in [3.8, 4) is 11.1 Å². The third kappa shape index (κ3) is 10.9. The van der Waals surface area contributed by atoms with E-state index in [4.69, 9.17) is 9.47 Å². The maximum absolute atomic E-state index is 13.6. The van der Waals surface area contributed by atoms with Gasteiger partial charge in [-0.05, 0) is 67.3 Å². The summed E-state index contributed by atoms with van der Waals surface area (Å²) in [6.45, 7) is 13.2. The Morgan fingerprint density at radius 3 is 2.07 bits per heavy atom. The van der Waals surface area contributed by atoms with Crippen LogP contribution in [0.2, 0.25) is 0 Å². The second kappa shape index (κ2) is 14.8. The van der Waals surface area contributed by atoms with E-state index in [0.717, 1.165) is 27.8 Å². The highest BCUT2D eigenvalue weighted by Crippen LogP contribution is 2.26. The van der Waals surface area contributed by atoms with Crippen molar-refractivity contribution in [3.63, 3.8) is 0 Å². The van der Waals surface area contributed by atoms with Crippen molar-refractivity contribution in [2.24, 2.45) is 11.3 Å². The number of aryl methyl sites for hydroxylation is 1. The fraction of sp³-hybridized carbons (Fsp3) is 0.378. The van der Waals surface area contributed by atoms with E-state index in [1.54, 1.807) is 20.8 Å². The molecule has 1 amide bonds. The number of carbonyl (C=O) groups excluding carboxylic acids is 3. The van der Waals surface area contributed by atoms with Crippen LogP contribution in [0.15, 0.2) is 84.9 Å². The minimum absolute atomic E-state index is 0.106. The van der Waals surface area contributed by atoms with Crippen LogP contribution in [-0.2, 0) is 30.5 Å². The molecule has 0 aliphatic heterocycles. The molecule has 0 aliphatic rings. The summed E-state index contributed by atoms with van der Waals surface area (Å²) in [5, 5.41) is 2.89. The molecule has 228 valence electrons. The summed E-state index contributed by atoms with van der Waals surface area (Å²) in [6.07, 6.45) is 4.02. The molecule has 0 aliphatic carbocycles. The van der Waals surface area contributed by atoms with Crippen LogP contribution in [0.5, 0.6) is 0 Å². The second-order valence-electron chi connectivity index (χ2n) is 13.0. The zero-order chi connectivity index (χ0) is 31.6. The molecule has 6 heteroatoms. The number of nitrogens with one attached hydrogen (secondary N) is 1. The average Bonchev–Trinajstić information content (AvgIpc) is 2.93. The highest BCUT2D eigenvalue weighted by Gasteiger charge is 2.36. The Bertz CT molecular complexity index is 1400. The molecule has 0 aromatic heterocycles. The molecule has 0 radical (unpaired) electrons. The topological polar surface area (TPSA) is 81.7 Å². The summed E-state index contributed by atoms with van der Waals surface area (Å²) >= 11 is 0. The molecule has 0 bridgehead atoms. The van der Waals surface area contributed by atoms with Crippen molar-refractivity contribution in [2.75, 3.05) is 0 Å². The summed E-state index contributed by atoms with van der Waals surface area (Å²) < 4.78 is 11.1. The van der Waals surface area contributed by atoms with Gasteiger partial charge in [0.2, 0.25) is 5.91 Å². The summed E-state index contributed by atoms with van der Waals surface area (Å²) in [5.74, 6) is -2.13.